The molecule has 0 aliphatic carbocycles. The molecule has 21 heavy (non-hydrogen) atoms. The van der Waals surface area contributed by atoms with E-state index in [0.29, 0.717) is 17.2 Å². The van der Waals surface area contributed by atoms with Crippen molar-refractivity contribution in [2.45, 2.75) is 17.8 Å². The Morgan fingerprint density at radius 1 is 1.52 bits per heavy atom. The van der Waals surface area contributed by atoms with E-state index < -0.39 is 0 Å². The van der Waals surface area contributed by atoms with Gasteiger partial charge in [-0.1, -0.05) is 11.8 Å². The fraction of sp³-hybridized carbons (Fsp3) is 0.333. The predicted octanol–water partition coefficient (Wildman–Crippen LogP) is 2.96. The number of carbonyl (C=O) groups excluding carboxylic acids is 1. The van der Waals surface area contributed by atoms with Gasteiger partial charge in [-0.15, -0.1) is 27.8 Å². The van der Waals surface area contributed by atoms with Crippen LogP contribution >= 0.6 is 34.4 Å². The number of rotatable bonds is 5. The van der Waals surface area contributed by atoms with Crippen LogP contribution in [-0.2, 0) is 17.5 Å². The number of ether oxygens (including phenoxy) is 1. The molecule has 6 nitrogen and oxygen atoms in total. The largest absolute Gasteiger partial charge is 0.462 e. The molecule has 0 saturated heterocycles. The second-order valence-corrected chi connectivity index (χ2v) is 7.03. The summed E-state index contributed by atoms with van der Waals surface area (Å²) >= 11 is 4.64. The van der Waals surface area contributed by atoms with E-state index in [0.717, 1.165) is 20.1 Å². The Bertz CT molecular complexity index is 777. The molecular formula is C12H12N4O2S3. The van der Waals surface area contributed by atoms with E-state index in [1.807, 2.05) is 18.4 Å². The molecule has 0 atom stereocenters. The molecule has 0 aliphatic heterocycles. The van der Waals surface area contributed by atoms with Gasteiger partial charge >= 0.3 is 5.97 Å². The quantitative estimate of drug-likeness (QED) is 0.525. The molecule has 0 aromatic carbocycles. The van der Waals surface area contributed by atoms with E-state index >= 15 is 0 Å². The molecule has 0 fully saturated rings. The van der Waals surface area contributed by atoms with Crippen molar-refractivity contribution in [1.29, 1.82) is 0 Å². The monoisotopic (exact) mass is 340 g/mol. The lowest BCUT2D eigenvalue weighted by Crippen LogP contribution is -2.04. The lowest BCUT2D eigenvalue weighted by atomic mass is 10.3. The molecule has 0 amide bonds. The van der Waals surface area contributed by atoms with Gasteiger partial charge in [0.15, 0.2) is 0 Å². The second kappa shape index (κ2) is 6.12. The number of nitrogens with zero attached hydrogens (tertiary/aromatic N) is 4. The van der Waals surface area contributed by atoms with E-state index in [1.54, 1.807) is 23.1 Å². The highest BCUT2D eigenvalue weighted by molar-refractivity contribution is 7.98. The zero-order chi connectivity index (χ0) is 14.8. The summed E-state index contributed by atoms with van der Waals surface area (Å²) in [4.78, 5) is 12.8. The summed E-state index contributed by atoms with van der Waals surface area (Å²) in [6.45, 7) is 2.19. The Labute approximate surface area is 133 Å². The number of thioether (sulfide) groups is 1. The van der Waals surface area contributed by atoms with Crippen LogP contribution in [0.3, 0.4) is 0 Å². The number of hydrogen-bond acceptors (Lipinski definition) is 8. The first kappa shape index (κ1) is 14.5. The Balaban J connectivity index is 1.91. The molecule has 0 bridgehead atoms. The minimum atomic E-state index is -0.252. The molecule has 0 unspecified atom stereocenters. The Hall–Kier alpha value is -1.45. The first-order chi connectivity index (χ1) is 10.2. The average Bonchev–Trinajstić information content (AvgIpc) is 3.13. The fourth-order valence-corrected chi connectivity index (χ4v) is 5.18. The van der Waals surface area contributed by atoms with Crippen molar-refractivity contribution in [2.75, 3.05) is 6.61 Å². The standard InChI is InChI=1S/C12H12N4O2S3/c1-3-18-11(17)10-7(9-8(21-10)4-5-19-9)6-20-12-13-14-15-16(12)2/h4-5H,3,6H2,1-2H3. The van der Waals surface area contributed by atoms with E-state index in [-0.39, 0.29) is 5.97 Å². The van der Waals surface area contributed by atoms with Crippen molar-refractivity contribution < 1.29 is 9.53 Å². The molecule has 0 spiro atoms. The average molecular weight is 340 g/mol. The van der Waals surface area contributed by atoms with Crippen molar-refractivity contribution in [1.82, 2.24) is 20.2 Å². The second-order valence-electron chi connectivity index (χ2n) is 4.12. The minimum absolute atomic E-state index is 0.252. The minimum Gasteiger partial charge on any atom is -0.462 e. The number of aryl methyl sites for hydroxylation is 1. The highest BCUT2D eigenvalue weighted by Gasteiger charge is 2.21. The molecule has 0 saturated carbocycles. The number of carbonyl (C=O) groups is 1. The summed E-state index contributed by atoms with van der Waals surface area (Å²) < 4.78 is 9.03. The highest BCUT2D eigenvalue weighted by Crippen LogP contribution is 2.38. The van der Waals surface area contributed by atoms with E-state index in [1.165, 1.54) is 23.1 Å². The molecule has 3 rings (SSSR count). The SMILES string of the molecule is CCOC(=O)c1sc2ccsc2c1CSc1nnnn1C. The molecule has 9 heteroatoms. The van der Waals surface area contributed by atoms with Gasteiger partial charge in [0.05, 0.1) is 6.61 Å². The number of aromatic nitrogens is 4. The third kappa shape index (κ3) is 2.81. The van der Waals surface area contributed by atoms with Gasteiger partial charge in [-0.25, -0.2) is 9.48 Å². The third-order valence-corrected chi connectivity index (χ3v) is 6.09. The first-order valence-electron chi connectivity index (χ1n) is 6.21. The summed E-state index contributed by atoms with van der Waals surface area (Å²) in [7, 11) is 1.79. The first-order valence-corrected chi connectivity index (χ1v) is 8.90. The summed E-state index contributed by atoms with van der Waals surface area (Å²) in [6.07, 6.45) is 0. The molecule has 3 heterocycles. The maximum absolute atomic E-state index is 12.1. The summed E-state index contributed by atoms with van der Waals surface area (Å²) in [5.74, 6) is 0.390. The number of esters is 1. The zero-order valence-corrected chi connectivity index (χ0v) is 13.8. The fourth-order valence-electron chi connectivity index (χ4n) is 1.85. The lowest BCUT2D eigenvalue weighted by Gasteiger charge is -2.03. The van der Waals surface area contributed by atoms with Crippen LogP contribution in [0.1, 0.15) is 22.2 Å². The van der Waals surface area contributed by atoms with Gasteiger partial charge in [0.25, 0.3) is 0 Å². The summed E-state index contributed by atoms with van der Waals surface area (Å²) in [5, 5.41) is 14.1. The molecule has 0 radical (unpaired) electrons. The van der Waals surface area contributed by atoms with E-state index in [9.17, 15) is 4.79 Å². The topological polar surface area (TPSA) is 69.9 Å². The Morgan fingerprint density at radius 3 is 3.10 bits per heavy atom. The molecular weight excluding hydrogens is 328 g/mol. The van der Waals surface area contributed by atoms with Crippen LogP contribution in [0.2, 0.25) is 0 Å². The predicted molar refractivity (Wildman–Crippen MR) is 84.0 cm³/mol. The van der Waals surface area contributed by atoms with Gasteiger partial charge in [0.2, 0.25) is 5.16 Å². The number of hydrogen-bond donors (Lipinski definition) is 0. The molecule has 3 aromatic rings. The maximum atomic E-state index is 12.1. The van der Waals surface area contributed by atoms with Crippen LogP contribution in [0.4, 0.5) is 0 Å². The summed E-state index contributed by atoms with van der Waals surface area (Å²) in [5.41, 5.74) is 1.01. The van der Waals surface area contributed by atoms with Gasteiger partial charge in [0.1, 0.15) is 4.88 Å². The van der Waals surface area contributed by atoms with Crippen molar-refractivity contribution >= 4 is 49.8 Å². The van der Waals surface area contributed by atoms with E-state index in [4.69, 9.17) is 4.74 Å². The van der Waals surface area contributed by atoms with Crippen LogP contribution in [0.25, 0.3) is 9.40 Å². The van der Waals surface area contributed by atoms with Crippen molar-refractivity contribution in [3.8, 4) is 0 Å². The van der Waals surface area contributed by atoms with E-state index in [2.05, 4.69) is 15.5 Å². The van der Waals surface area contributed by atoms with Crippen molar-refractivity contribution in [3.05, 3.63) is 21.9 Å². The van der Waals surface area contributed by atoms with Gasteiger partial charge < -0.3 is 4.74 Å². The van der Waals surface area contributed by atoms with Crippen LogP contribution in [0.15, 0.2) is 16.6 Å². The lowest BCUT2D eigenvalue weighted by molar-refractivity contribution is 0.0531. The Morgan fingerprint density at radius 2 is 2.38 bits per heavy atom. The van der Waals surface area contributed by atoms with Crippen LogP contribution in [0, 0.1) is 0 Å². The smallest absolute Gasteiger partial charge is 0.348 e. The summed E-state index contributed by atoms with van der Waals surface area (Å²) in [6, 6.07) is 2.03. The van der Waals surface area contributed by atoms with Crippen molar-refractivity contribution in [2.24, 2.45) is 7.05 Å². The normalized spacial score (nSPS) is 11.1. The molecule has 110 valence electrons. The third-order valence-electron chi connectivity index (χ3n) is 2.78. The van der Waals surface area contributed by atoms with Crippen LogP contribution < -0.4 is 0 Å². The molecule has 0 N–H and O–H groups in total. The van der Waals surface area contributed by atoms with Gasteiger partial charge in [-0.3, -0.25) is 0 Å². The highest BCUT2D eigenvalue weighted by atomic mass is 32.2. The van der Waals surface area contributed by atoms with Gasteiger partial charge in [-0.2, -0.15) is 0 Å². The van der Waals surface area contributed by atoms with Gasteiger partial charge in [-0.05, 0) is 28.8 Å². The van der Waals surface area contributed by atoms with Crippen molar-refractivity contribution in [3.63, 3.8) is 0 Å². The molecule has 3 aromatic heterocycles. The van der Waals surface area contributed by atoms with Gasteiger partial charge in [0, 0.05) is 27.8 Å². The number of fused-ring (bicyclic) bond motifs is 1. The van der Waals surface area contributed by atoms with Crippen LogP contribution in [0.5, 0.6) is 0 Å². The maximum Gasteiger partial charge on any atom is 0.348 e. The zero-order valence-electron chi connectivity index (χ0n) is 11.4. The number of tetrazole rings is 1. The Kier molecular flexibility index (Phi) is 4.22. The number of thiophene rings is 2. The molecule has 0 aliphatic rings. The van der Waals surface area contributed by atoms with Crippen LogP contribution in [-0.4, -0.2) is 32.8 Å².